The van der Waals surface area contributed by atoms with Gasteiger partial charge in [0.25, 0.3) is 0 Å². The van der Waals surface area contributed by atoms with Crippen LogP contribution in [0, 0.1) is 12.3 Å². The van der Waals surface area contributed by atoms with Gasteiger partial charge in [-0.3, -0.25) is 5.41 Å². The fourth-order valence-electron chi connectivity index (χ4n) is 3.52. The first kappa shape index (κ1) is 16.8. The molecule has 0 saturated heterocycles. The number of amidine groups is 1. The molecule has 3 heteroatoms. The monoisotopic (exact) mass is 338 g/mol. The van der Waals surface area contributed by atoms with Gasteiger partial charge in [0.05, 0.1) is 0 Å². The van der Waals surface area contributed by atoms with Crippen molar-refractivity contribution in [1.82, 2.24) is 4.90 Å². The molecule has 0 amide bonds. The third-order valence-corrected chi connectivity index (χ3v) is 5.55. The molecular weight excluding hydrogens is 316 g/mol. The van der Waals surface area contributed by atoms with Crippen LogP contribution in [0.1, 0.15) is 36.0 Å². The minimum absolute atomic E-state index is 0.0751. The Hall–Kier alpha value is -2.06. The average molecular weight is 339 g/mol. The smallest absolute Gasteiger partial charge is 0.132 e. The standard InChI is InChI=1S/C21H23ClN2/c1-15-7-4-5-8-19(15)20(23)24(3)16(2)21(13-6-14-21)17-9-11-18(22)12-10-17/h4-5,7-12,23H,2,6,13-14H2,1,3H3. The number of rotatable bonds is 4. The Labute approximate surface area is 149 Å². The zero-order valence-electron chi connectivity index (χ0n) is 14.3. The Morgan fingerprint density at radius 3 is 2.29 bits per heavy atom. The van der Waals surface area contributed by atoms with Crippen LogP contribution in [0.2, 0.25) is 5.02 Å². The summed E-state index contributed by atoms with van der Waals surface area (Å²) in [5.74, 6) is 0.498. The van der Waals surface area contributed by atoms with Crippen molar-refractivity contribution in [3.05, 3.63) is 82.5 Å². The predicted octanol–water partition coefficient (Wildman–Crippen LogP) is 5.54. The van der Waals surface area contributed by atoms with Crippen LogP contribution in [0.3, 0.4) is 0 Å². The third-order valence-electron chi connectivity index (χ3n) is 5.30. The lowest BCUT2D eigenvalue weighted by atomic mass is 9.62. The van der Waals surface area contributed by atoms with Crippen LogP contribution in [-0.4, -0.2) is 17.8 Å². The third kappa shape index (κ3) is 2.76. The van der Waals surface area contributed by atoms with E-state index in [9.17, 15) is 0 Å². The van der Waals surface area contributed by atoms with Gasteiger partial charge in [-0.2, -0.15) is 0 Å². The SMILES string of the molecule is C=C(N(C)C(=N)c1ccccc1C)C1(c2ccc(Cl)cc2)CCC1. The topological polar surface area (TPSA) is 27.1 Å². The highest BCUT2D eigenvalue weighted by Gasteiger charge is 2.43. The van der Waals surface area contributed by atoms with Crippen molar-refractivity contribution >= 4 is 17.4 Å². The predicted molar refractivity (Wildman–Crippen MR) is 102 cm³/mol. The van der Waals surface area contributed by atoms with E-state index in [-0.39, 0.29) is 5.41 Å². The van der Waals surface area contributed by atoms with Crippen molar-refractivity contribution in [2.24, 2.45) is 0 Å². The quantitative estimate of drug-likeness (QED) is 0.575. The summed E-state index contributed by atoms with van der Waals surface area (Å²) in [5, 5.41) is 9.38. The molecule has 0 unspecified atom stereocenters. The highest BCUT2D eigenvalue weighted by molar-refractivity contribution is 6.30. The minimum atomic E-state index is -0.0751. The highest BCUT2D eigenvalue weighted by atomic mass is 35.5. The summed E-state index contributed by atoms with van der Waals surface area (Å²) in [4.78, 5) is 1.94. The molecule has 2 nitrogen and oxygen atoms in total. The van der Waals surface area contributed by atoms with Crippen LogP contribution in [0.5, 0.6) is 0 Å². The van der Waals surface area contributed by atoms with E-state index in [2.05, 4.69) is 18.7 Å². The van der Waals surface area contributed by atoms with E-state index < -0.39 is 0 Å². The van der Waals surface area contributed by atoms with Crippen LogP contribution in [0.15, 0.2) is 60.8 Å². The molecule has 0 aliphatic heterocycles. The van der Waals surface area contributed by atoms with Crippen molar-refractivity contribution in [3.63, 3.8) is 0 Å². The van der Waals surface area contributed by atoms with Gasteiger partial charge in [0.2, 0.25) is 0 Å². The highest BCUT2D eigenvalue weighted by Crippen LogP contribution is 2.49. The van der Waals surface area contributed by atoms with Gasteiger partial charge < -0.3 is 4.90 Å². The van der Waals surface area contributed by atoms with Crippen LogP contribution in [-0.2, 0) is 5.41 Å². The maximum absolute atomic E-state index is 8.63. The molecular formula is C21H23ClN2. The minimum Gasteiger partial charge on any atom is -0.333 e. The first-order chi connectivity index (χ1) is 11.5. The summed E-state index contributed by atoms with van der Waals surface area (Å²) < 4.78 is 0. The number of halogens is 1. The van der Waals surface area contributed by atoms with Crippen molar-refractivity contribution in [3.8, 4) is 0 Å². The second-order valence-corrected chi connectivity index (χ2v) is 7.05. The Morgan fingerprint density at radius 2 is 1.75 bits per heavy atom. The van der Waals surface area contributed by atoms with E-state index in [1.807, 2.05) is 55.3 Å². The van der Waals surface area contributed by atoms with Crippen molar-refractivity contribution in [1.29, 1.82) is 5.41 Å². The van der Waals surface area contributed by atoms with Gasteiger partial charge in [-0.15, -0.1) is 0 Å². The van der Waals surface area contributed by atoms with Crippen LogP contribution in [0.25, 0.3) is 0 Å². The van der Waals surface area contributed by atoms with Gasteiger partial charge in [-0.25, -0.2) is 0 Å². The number of aryl methyl sites for hydroxylation is 1. The number of hydrogen-bond acceptors (Lipinski definition) is 1. The second kappa shape index (κ2) is 6.45. The molecule has 1 aliphatic rings. The van der Waals surface area contributed by atoms with Gasteiger partial charge in [-0.05, 0) is 43.0 Å². The second-order valence-electron chi connectivity index (χ2n) is 6.61. The Balaban J connectivity index is 1.90. The van der Waals surface area contributed by atoms with E-state index >= 15 is 0 Å². The summed E-state index contributed by atoms with van der Waals surface area (Å²) in [7, 11) is 1.95. The summed E-state index contributed by atoms with van der Waals surface area (Å²) in [5.41, 5.74) is 4.22. The van der Waals surface area contributed by atoms with Crippen molar-refractivity contribution < 1.29 is 0 Å². The van der Waals surface area contributed by atoms with E-state index in [1.165, 1.54) is 12.0 Å². The largest absolute Gasteiger partial charge is 0.333 e. The van der Waals surface area contributed by atoms with Gasteiger partial charge in [0.15, 0.2) is 0 Å². The first-order valence-corrected chi connectivity index (χ1v) is 8.67. The van der Waals surface area contributed by atoms with E-state index in [0.29, 0.717) is 5.84 Å². The Morgan fingerprint density at radius 1 is 1.12 bits per heavy atom. The van der Waals surface area contributed by atoms with Crippen molar-refractivity contribution in [2.75, 3.05) is 7.05 Å². The van der Waals surface area contributed by atoms with Crippen molar-refractivity contribution in [2.45, 2.75) is 31.6 Å². The summed E-state index contributed by atoms with van der Waals surface area (Å²) >= 11 is 6.05. The Bertz CT molecular complexity index is 773. The summed E-state index contributed by atoms with van der Waals surface area (Å²) in [6.07, 6.45) is 3.32. The van der Waals surface area contributed by atoms with Crippen LogP contribution >= 0.6 is 11.6 Å². The average Bonchev–Trinajstić information content (AvgIpc) is 2.54. The lowest BCUT2D eigenvalue weighted by Gasteiger charge is -2.47. The van der Waals surface area contributed by atoms with Crippen LogP contribution in [0.4, 0.5) is 0 Å². The van der Waals surface area contributed by atoms with Gasteiger partial charge >= 0.3 is 0 Å². The molecule has 0 spiro atoms. The first-order valence-electron chi connectivity index (χ1n) is 8.29. The molecule has 0 radical (unpaired) electrons. The maximum Gasteiger partial charge on any atom is 0.132 e. The van der Waals surface area contributed by atoms with Crippen LogP contribution < -0.4 is 0 Å². The molecule has 0 heterocycles. The lowest BCUT2D eigenvalue weighted by molar-refractivity contribution is 0.256. The lowest BCUT2D eigenvalue weighted by Crippen LogP contribution is -2.44. The molecule has 24 heavy (non-hydrogen) atoms. The molecule has 1 saturated carbocycles. The zero-order valence-corrected chi connectivity index (χ0v) is 15.0. The fourth-order valence-corrected chi connectivity index (χ4v) is 3.64. The van der Waals surface area contributed by atoms with E-state index in [0.717, 1.165) is 34.7 Å². The maximum atomic E-state index is 8.63. The van der Waals surface area contributed by atoms with Gasteiger partial charge in [-0.1, -0.05) is 61.0 Å². The number of benzene rings is 2. The molecule has 0 atom stereocenters. The molecule has 1 fully saturated rings. The molecule has 1 aliphatic carbocycles. The summed E-state index contributed by atoms with van der Waals surface area (Å²) in [6.45, 7) is 6.42. The fraction of sp³-hybridized carbons (Fsp3) is 0.286. The van der Waals surface area contributed by atoms with Gasteiger partial charge in [0, 0.05) is 28.7 Å². The zero-order chi connectivity index (χ0) is 17.3. The Kier molecular flexibility index (Phi) is 4.51. The number of likely N-dealkylation sites (N-methyl/N-ethyl adjacent to an activating group) is 1. The molecule has 124 valence electrons. The number of nitrogens with zero attached hydrogens (tertiary/aromatic N) is 1. The molecule has 2 aromatic carbocycles. The normalized spacial score (nSPS) is 15.5. The number of allylic oxidation sites excluding steroid dienone is 1. The van der Waals surface area contributed by atoms with E-state index in [1.54, 1.807) is 0 Å². The molecule has 1 N–H and O–H groups in total. The molecule has 2 aromatic rings. The van der Waals surface area contributed by atoms with Gasteiger partial charge in [0.1, 0.15) is 5.84 Å². The molecule has 0 aromatic heterocycles. The number of hydrogen-bond donors (Lipinski definition) is 1. The molecule has 3 rings (SSSR count). The number of nitrogens with one attached hydrogen (secondary N) is 1. The van der Waals surface area contributed by atoms with E-state index in [4.69, 9.17) is 17.0 Å². The molecule has 0 bridgehead atoms. The summed E-state index contributed by atoms with van der Waals surface area (Å²) in [6, 6.07) is 16.1.